The van der Waals surface area contributed by atoms with Crippen LogP contribution in [-0.2, 0) is 0 Å². The maximum atomic E-state index is 10.5. The first-order valence-electron chi connectivity index (χ1n) is 12.1. The van der Waals surface area contributed by atoms with Gasteiger partial charge in [0, 0.05) is 24.0 Å². The van der Waals surface area contributed by atoms with Gasteiger partial charge in [-0.1, -0.05) is 26.2 Å². The molecule has 3 fully saturated rings. The predicted molar refractivity (Wildman–Crippen MR) is 137 cm³/mol. The van der Waals surface area contributed by atoms with E-state index in [1.165, 1.54) is 64.7 Å². The molecule has 2 heterocycles. The first-order chi connectivity index (χ1) is 14.0. The third-order valence-electron chi connectivity index (χ3n) is 7.75. The lowest BCUT2D eigenvalue weighted by Gasteiger charge is -2.50. The van der Waals surface area contributed by atoms with Gasteiger partial charge in [0.2, 0.25) is 0 Å². The van der Waals surface area contributed by atoms with Gasteiger partial charge in [0.25, 0.3) is 0 Å². The number of likely N-dealkylation sites (tertiary alicyclic amines) is 2. The van der Waals surface area contributed by atoms with Gasteiger partial charge in [0.15, 0.2) is 5.96 Å². The second kappa shape index (κ2) is 12.2. The molecule has 3 rings (SSSR count). The third-order valence-corrected chi connectivity index (χ3v) is 7.75. The van der Waals surface area contributed by atoms with E-state index in [4.69, 9.17) is 4.99 Å². The van der Waals surface area contributed by atoms with Crippen molar-refractivity contribution in [3.63, 3.8) is 0 Å². The molecule has 0 aromatic rings. The van der Waals surface area contributed by atoms with Gasteiger partial charge in [-0.25, -0.2) is 0 Å². The molecule has 3 N–H and O–H groups in total. The van der Waals surface area contributed by atoms with Crippen molar-refractivity contribution in [2.24, 2.45) is 10.4 Å². The Bertz CT molecular complexity index is 532. The number of hydrogen-bond acceptors (Lipinski definition) is 4. The van der Waals surface area contributed by atoms with Crippen LogP contribution in [0.4, 0.5) is 0 Å². The van der Waals surface area contributed by atoms with E-state index in [0.29, 0.717) is 6.54 Å². The standard InChI is InChI=1S/C23H45N5O.HI/c1-4-24-21(25-18-22(2)11-7-6-10-20(22)29)26-19-23(12-16-27(3)17-13-23)28-14-8-5-9-15-28;/h20,29H,4-19H2,1-3H3,(H2,24,25,26);1H. The number of aliphatic hydroxyl groups excluding tert-OH is 1. The van der Waals surface area contributed by atoms with Gasteiger partial charge in [-0.2, -0.15) is 0 Å². The fourth-order valence-electron chi connectivity index (χ4n) is 5.42. The molecule has 0 spiro atoms. The Hall–Kier alpha value is -0.120. The average Bonchev–Trinajstić information content (AvgIpc) is 2.74. The summed E-state index contributed by atoms with van der Waals surface area (Å²) in [5.41, 5.74) is 0.163. The summed E-state index contributed by atoms with van der Waals surface area (Å²) in [7, 11) is 2.25. The van der Waals surface area contributed by atoms with E-state index < -0.39 is 0 Å². The second-order valence-electron chi connectivity index (χ2n) is 10.0. The van der Waals surface area contributed by atoms with Crippen molar-refractivity contribution in [1.82, 2.24) is 20.4 Å². The normalized spacial score (nSPS) is 31.1. The van der Waals surface area contributed by atoms with Crippen molar-refractivity contribution < 1.29 is 5.11 Å². The summed E-state index contributed by atoms with van der Waals surface area (Å²) in [5, 5.41) is 17.7. The van der Waals surface area contributed by atoms with Gasteiger partial charge in [-0.3, -0.25) is 9.89 Å². The van der Waals surface area contributed by atoms with Crippen LogP contribution in [0.15, 0.2) is 4.99 Å². The monoisotopic (exact) mass is 535 g/mol. The molecule has 0 aromatic heterocycles. The Morgan fingerprint density at radius 3 is 2.33 bits per heavy atom. The molecule has 176 valence electrons. The highest BCUT2D eigenvalue weighted by molar-refractivity contribution is 14.0. The largest absolute Gasteiger partial charge is 0.392 e. The van der Waals surface area contributed by atoms with Crippen LogP contribution >= 0.6 is 24.0 Å². The fourth-order valence-corrected chi connectivity index (χ4v) is 5.42. The molecule has 0 bridgehead atoms. The van der Waals surface area contributed by atoms with Crippen molar-refractivity contribution in [2.75, 3.05) is 52.9 Å². The lowest BCUT2D eigenvalue weighted by atomic mass is 9.73. The zero-order chi connectivity index (χ0) is 20.7. The van der Waals surface area contributed by atoms with Gasteiger partial charge in [-0.05, 0) is 78.7 Å². The lowest BCUT2D eigenvalue weighted by Crippen LogP contribution is -2.62. The number of nitrogens with zero attached hydrogens (tertiary/aromatic N) is 3. The van der Waals surface area contributed by atoms with Crippen LogP contribution < -0.4 is 10.6 Å². The first-order valence-corrected chi connectivity index (χ1v) is 12.1. The van der Waals surface area contributed by atoms with E-state index in [2.05, 4.69) is 41.3 Å². The van der Waals surface area contributed by atoms with E-state index in [1.54, 1.807) is 0 Å². The molecule has 2 saturated heterocycles. The molecule has 0 amide bonds. The highest BCUT2D eigenvalue weighted by Gasteiger charge is 2.40. The quantitative estimate of drug-likeness (QED) is 0.277. The van der Waals surface area contributed by atoms with Crippen LogP contribution in [0.3, 0.4) is 0 Å². The molecule has 2 unspecified atom stereocenters. The summed E-state index contributed by atoms with van der Waals surface area (Å²) in [6.45, 7) is 11.7. The van der Waals surface area contributed by atoms with E-state index >= 15 is 0 Å². The maximum Gasteiger partial charge on any atom is 0.191 e. The number of aliphatic hydroxyl groups is 1. The van der Waals surface area contributed by atoms with Crippen molar-refractivity contribution >= 4 is 29.9 Å². The Morgan fingerprint density at radius 2 is 1.70 bits per heavy atom. The minimum atomic E-state index is -0.226. The molecular weight excluding hydrogens is 489 g/mol. The summed E-state index contributed by atoms with van der Waals surface area (Å²) in [6.07, 6.45) is 10.6. The third kappa shape index (κ3) is 6.69. The van der Waals surface area contributed by atoms with Crippen LogP contribution in [0, 0.1) is 5.41 Å². The highest BCUT2D eigenvalue weighted by atomic mass is 127. The number of nitrogens with one attached hydrogen (secondary N) is 2. The Balaban J connectivity index is 0.00000320. The van der Waals surface area contributed by atoms with Crippen LogP contribution in [0.2, 0.25) is 0 Å². The minimum absolute atomic E-state index is 0. The van der Waals surface area contributed by atoms with E-state index in [1.807, 2.05) is 0 Å². The number of guanidine groups is 1. The summed E-state index contributed by atoms with van der Waals surface area (Å²) in [5.74, 6) is 0.918. The molecule has 1 aliphatic carbocycles. The maximum absolute atomic E-state index is 10.5. The number of hydrogen-bond donors (Lipinski definition) is 3. The first kappa shape index (κ1) is 26.1. The number of aliphatic imine (C=N–C) groups is 1. The molecule has 3 aliphatic rings. The molecule has 7 heteroatoms. The zero-order valence-electron chi connectivity index (χ0n) is 19.6. The fraction of sp³-hybridized carbons (Fsp3) is 0.957. The van der Waals surface area contributed by atoms with Gasteiger partial charge < -0.3 is 20.6 Å². The summed E-state index contributed by atoms with van der Waals surface area (Å²) in [4.78, 5) is 10.2. The molecule has 6 nitrogen and oxygen atoms in total. The van der Waals surface area contributed by atoms with Gasteiger partial charge in [0.1, 0.15) is 0 Å². The molecule has 2 atom stereocenters. The van der Waals surface area contributed by atoms with Crippen LogP contribution in [-0.4, -0.2) is 85.4 Å². The number of piperidine rings is 2. The smallest absolute Gasteiger partial charge is 0.191 e. The highest BCUT2D eigenvalue weighted by Crippen LogP contribution is 2.36. The second-order valence-corrected chi connectivity index (χ2v) is 10.0. The van der Waals surface area contributed by atoms with Crippen molar-refractivity contribution in [3.05, 3.63) is 0 Å². The van der Waals surface area contributed by atoms with Gasteiger partial charge in [0.05, 0.1) is 12.6 Å². The zero-order valence-corrected chi connectivity index (χ0v) is 21.9. The lowest BCUT2D eigenvalue weighted by molar-refractivity contribution is 0.00696. The number of rotatable bonds is 6. The molecule has 0 aromatic carbocycles. The topological polar surface area (TPSA) is 63.1 Å². The van der Waals surface area contributed by atoms with Crippen LogP contribution in [0.1, 0.15) is 71.6 Å². The minimum Gasteiger partial charge on any atom is -0.392 e. The molecule has 0 radical (unpaired) electrons. The number of halogens is 1. The van der Waals surface area contributed by atoms with E-state index in [9.17, 15) is 5.11 Å². The summed E-state index contributed by atoms with van der Waals surface area (Å²) in [6, 6.07) is 0. The summed E-state index contributed by atoms with van der Waals surface area (Å²) >= 11 is 0. The molecule has 30 heavy (non-hydrogen) atoms. The van der Waals surface area contributed by atoms with Crippen molar-refractivity contribution in [2.45, 2.75) is 83.3 Å². The molecule has 2 aliphatic heterocycles. The molecular formula is C23H46IN5O. The van der Waals surface area contributed by atoms with Gasteiger partial charge >= 0.3 is 0 Å². The van der Waals surface area contributed by atoms with E-state index in [-0.39, 0.29) is 41.0 Å². The van der Waals surface area contributed by atoms with Crippen molar-refractivity contribution in [3.8, 4) is 0 Å². The predicted octanol–water partition coefficient (Wildman–Crippen LogP) is 3.05. The Kier molecular flexibility index (Phi) is 10.6. The van der Waals surface area contributed by atoms with Crippen LogP contribution in [0.25, 0.3) is 0 Å². The Labute approximate surface area is 201 Å². The average molecular weight is 536 g/mol. The summed E-state index contributed by atoms with van der Waals surface area (Å²) < 4.78 is 0. The van der Waals surface area contributed by atoms with Crippen LogP contribution in [0.5, 0.6) is 0 Å². The SMILES string of the molecule is CCNC(=NCC1(C)CCCCC1O)NCC1(N2CCCCC2)CCN(C)CC1.I. The molecule has 1 saturated carbocycles. The van der Waals surface area contributed by atoms with E-state index in [0.717, 1.165) is 38.3 Å². The van der Waals surface area contributed by atoms with Crippen molar-refractivity contribution in [1.29, 1.82) is 0 Å². The Morgan fingerprint density at radius 1 is 1.00 bits per heavy atom. The van der Waals surface area contributed by atoms with Gasteiger partial charge in [-0.15, -0.1) is 24.0 Å².